The first-order chi connectivity index (χ1) is 19.5. The summed E-state index contributed by atoms with van der Waals surface area (Å²) >= 11 is 0. The van der Waals surface area contributed by atoms with Crippen LogP contribution in [0.5, 0.6) is 0 Å². The number of nitrogens with one attached hydrogen (secondary N) is 4. The van der Waals surface area contributed by atoms with E-state index in [9.17, 15) is 33.9 Å². The van der Waals surface area contributed by atoms with Crippen molar-refractivity contribution in [1.29, 1.82) is 0 Å². The number of carboxylic acids is 1. The molecule has 41 heavy (non-hydrogen) atoms. The van der Waals surface area contributed by atoms with Crippen LogP contribution in [-0.2, 0) is 41.7 Å². The number of benzene rings is 2. The summed E-state index contributed by atoms with van der Waals surface area (Å²) in [6.45, 7) is 2.77. The molecule has 0 saturated heterocycles. The molecule has 2 atom stereocenters. The van der Waals surface area contributed by atoms with E-state index in [1.54, 1.807) is 48.5 Å². The summed E-state index contributed by atoms with van der Waals surface area (Å²) in [6.07, 6.45) is -0.487. The van der Waals surface area contributed by atoms with Gasteiger partial charge in [0.15, 0.2) is 0 Å². The average molecular weight is 569 g/mol. The van der Waals surface area contributed by atoms with E-state index in [1.807, 2.05) is 6.07 Å². The Balaban J connectivity index is 1.88. The standard InChI is InChI=1S/C29H36N4O8/c1-19(34)8-13-24(33-29(40)41-18-22-6-4-3-5-7-22)27(37)31-17-26(36)32-25(28(38)39)16-21-9-11-23(12-10-21)30-15-14-20(2)35/h3-7,9-12,24-25,30H,8,13-18H2,1-2H3,(H,31,37)(H,32,36)(H,33,40)(H,38,39). The quantitative estimate of drug-likeness (QED) is 0.191. The minimum atomic E-state index is -1.25. The molecule has 220 valence electrons. The number of hydrogen-bond acceptors (Lipinski definition) is 8. The fourth-order valence-electron chi connectivity index (χ4n) is 3.64. The zero-order valence-electron chi connectivity index (χ0n) is 23.1. The van der Waals surface area contributed by atoms with Gasteiger partial charge >= 0.3 is 12.1 Å². The SMILES string of the molecule is CC(=O)CCNc1ccc(CC(NC(=O)CNC(=O)C(CCC(C)=O)NC(=O)OCc2ccccc2)C(=O)O)cc1. The van der Waals surface area contributed by atoms with E-state index in [4.69, 9.17) is 4.74 Å². The smallest absolute Gasteiger partial charge is 0.408 e. The van der Waals surface area contributed by atoms with Crippen molar-refractivity contribution in [2.45, 2.75) is 58.2 Å². The minimum Gasteiger partial charge on any atom is -0.480 e. The van der Waals surface area contributed by atoms with Crippen molar-refractivity contribution in [3.63, 3.8) is 0 Å². The highest BCUT2D eigenvalue weighted by Crippen LogP contribution is 2.12. The maximum absolute atomic E-state index is 12.7. The Morgan fingerprint density at radius 2 is 1.46 bits per heavy atom. The van der Waals surface area contributed by atoms with Crippen LogP contribution < -0.4 is 21.3 Å². The van der Waals surface area contributed by atoms with Gasteiger partial charge in [-0.15, -0.1) is 0 Å². The maximum Gasteiger partial charge on any atom is 0.408 e. The topological polar surface area (TPSA) is 180 Å². The van der Waals surface area contributed by atoms with Gasteiger partial charge in [-0.05, 0) is 43.5 Å². The van der Waals surface area contributed by atoms with Crippen molar-refractivity contribution in [1.82, 2.24) is 16.0 Å². The number of amides is 3. The third kappa shape index (κ3) is 13.2. The normalized spacial score (nSPS) is 11.9. The van der Waals surface area contributed by atoms with Gasteiger partial charge in [-0.1, -0.05) is 42.5 Å². The first kappa shape index (κ1) is 32.5. The summed E-state index contributed by atoms with van der Waals surface area (Å²) in [4.78, 5) is 71.7. The first-order valence-electron chi connectivity index (χ1n) is 13.1. The van der Waals surface area contributed by atoms with E-state index in [0.717, 1.165) is 11.3 Å². The molecule has 0 bridgehead atoms. The van der Waals surface area contributed by atoms with E-state index in [-0.39, 0.29) is 37.4 Å². The van der Waals surface area contributed by atoms with Gasteiger partial charge < -0.3 is 35.9 Å². The Hall–Kier alpha value is -4.74. The molecule has 0 radical (unpaired) electrons. The zero-order chi connectivity index (χ0) is 30.2. The molecule has 3 amide bonds. The Morgan fingerprint density at radius 1 is 0.805 bits per heavy atom. The Labute approximate surface area is 238 Å². The van der Waals surface area contributed by atoms with Crippen molar-refractivity contribution in [3.8, 4) is 0 Å². The van der Waals surface area contributed by atoms with Crippen molar-refractivity contribution < 1.29 is 38.6 Å². The van der Waals surface area contributed by atoms with Gasteiger partial charge in [-0.25, -0.2) is 9.59 Å². The Kier molecular flexibility index (Phi) is 13.5. The van der Waals surface area contributed by atoms with Gasteiger partial charge in [0.2, 0.25) is 11.8 Å². The van der Waals surface area contributed by atoms with Crippen LogP contribution in [-0.4, -0.2) is 65.7 Å². The molecule has 0 aromatic heterocycles. The van der Waals surface area contributed by atoms with Crippen LogP contribution in [0.1, 0.15) is 44.2 Å². The molecule has 5 N–H and O–H groups in total. The van der Waals surface area contributed by atoms with E-state index in [1.165, 1.54) is 13.8 Å². The van der Waals surface area contributed by atoms with Crippen molar-refractivity contribution in [2.24, 2.45) is 0 Å². The molecule has 0 aliphatic rings. The van der Waals surface area contributed by atoms with Crippen molar-refractivity contribution >= 4 is 41.1 Å². The molecule has 0 aliphatic carbocycles. The number of carbonyl (C=O) groups excluding carboxylic acids is 5. The molecule has 2 unspecified atom stereocenters. The van der Waals surface area contributed by atoms with Gasteiger partial charge in [0.1, 0.15) is 30.3 Å². The van der Waals surface area contributed by atoms with Crippen LogP contribution in [0.4, 0.5) is 10.5 Å². The molecule has 2 aromatic carbocycles. The van der Waals surface area contributed by atoms with E-state index in [0.29, 0.717) is 18.5 Å². The molecular formula is C29H36N4O8. The summed E-state index contributed by atoms with van der Waals surface area (Å²) in [5, 5.41) is 19.8. The maximum atomic E-state index is 12.7. The average Bonchev–Trinajstić information content (AvgIpc) is 2.93. The lowest BCUT2D eigenvalue weighted by molar-refractivity contribution is -0.141. The molecular weight excluding hydrogens is 532 g/mol. The van der Waals surface area contributed by atoms with Gasteiger partial charge in [0, 0.05) is 31.5 Å². The summed E-state index contributed by atoms with van der Waals surface area (Å²) < 4.78 is 5.14. The number of Topliss-reactive ketones (excluding diaryl/α,β-unsaturated/α-hetero) is 2. The first-order valence-corrected chi connectivity index (χ1v) is 13.1. The number of alkyl carbamates (subject to hydrolysis) is 1. The molecule has 0 heterocycles. The second kappa shape index (κ2) is 17.1. The number of aliphatic carboxylic acids is 1. The fourth-order valence-corrected chi connectivity index (χ4v) is 3.64. The highest BCUT2D eigenvalue weighted by atomic mass is 16.5. The minimum absolute atomic E-state index is 0.00120. The van der Waals surface area contributed by atoms with Crippen LogP contribution >= 0.6 is 0 Å². The third-order valence-electron chi connectivity index (χ3n) is 5.86. The second-order valence-electron chi connectivity index (χ2n) is 9.46. The van der Waals surface area contributed by atoms with Crippen LogP contribution in [0.3, 0.4) is 0 Å². The van der Waals surface area contributed by atoms with Crippen LogP contribution in [0.15, 0.2) is 54.6 Å². The number of carbonyl (C=O) groups is 6. The third-order valence-corrected chi connectivity index (χ3v) is 5.86. The number of hydrogen-bond donors (Lipinski definition) is 5. The summed E-state index contributed by atoms with van der Waals surface area (Å²) in [5.74, 6) is -2.85. The molecule has 12 heteroatoms. The van der Waals surface area contributed by atoms with E-state index < -0.39 is 42.5 Å². The van der Waals surface area contributed by atoms with E-state index >= 15 is 0 Å². The number of anilines is 1. The molecule has 2 aromatic rings. The lowest BCUT2D eigenvalue weighted by Crippen LogP contribution is -2.51. The van der Waals surface area contributed by atoms with Crippen LogP contribution in [0, 0.1) is 0 Å². The second-order valence-corrected chi connectivity index (χ2v) is 9.46. The van der Waals surface area contributed by atoms with Gasteiger partial charge in [-0.3, -0.25) is 14.4 Å². The monoisotopic (exact) mass is 568 g/mol. The predicted octanol–water partition coefficient (Wildman–Crippen LogP) is 1.97. The molecule has 0 aliphatic heterocycles. The van der Waals surface area contributed by atoms with Crippen molar-refractivity contribution in [2.75, 3.05) is 18.4 Å². The van der Waals surface area contributed by atoms with Gasteiger partial charge in [0.25, 0.3) is 0 Å². The molecule has 0 spiro atoms. The summed E-state index contributed by atoms with van der Waals surface area (Å²) in [5.41, 5.74) is 2.17. The number of ether oxygens (including phenoxy) is 1. The molecule has 0 saturated carbocycles. The van der Waals surface area contributed by atoms with Crippen molar-refractivity contribution in [3.05, 3.63) is 65.7 Å². The van der Waals surface area contributed by atoms with Crippen LogP contribution in [0.2, 0.25) is 0 Å². The summed E-state index contributed by atoms with van der Waals surface area (Å²) in [6, 6.07) is 13.4. The van der Waals surface area contributed by atoms with E-state index in [2.05, 4.69) is 21.3 Å². The molecule has 0 fully saturated rings. The number of carboxylic acid groups (broad SMARTS) is 1. The van der Waals surface area contributed by atoms with Gasteiger partial charge in [0.05, 0.1) is 6.54 Å². The Morgan fingerprint density at radius 3 is 2.07 bits per heavy atom. The lowest BCUT2D eigenvalue weighted by atomic mass is 10.1. The summed E-state index contributed by atoms with van der Waals surface area (Å²) in [7, 11) is 0. The largest absolute Gasteiger partial charge is 0.480 e. The Bertz CT molecular complexity index is 1200. The lowest BCUT2D eigenvalue weighted by Gasteiger charge is -2.19. The number of rotatable bonds is 17. The fraction of sp³-hybridized carbons (Fsp3) is 0.379. The highest BCUT2D eigenvalue weighted by molar-refractivity contribution is 5.91. The number of ketones is 2. The molecule has 2 rings (SSSR count). The van der Waals surface area contributed by atoms with Gasteiger partial charge in [-0.2, -0.15) is 0 Å². The highest BCUT2D eigenvalue weighted by Gasteiger charge is 2.24. The van der Waals surface area contributed by atoms with Crippen LogP contribution in [0.25, 0.3) is 0 Å². The zero-order valence-corrected chi connectivity index (χ0v) is 23.1. The molecule has 12 nitrogen and oxygen atoms in total. The predicted molar refractivity (Wildman–Crippen MR) is 150 cm³/mol.